The molecule has 0 heterocycles. The Hall–Kier alpha value is -2.45. The number of benzene rings is 3. The summed E-state index contributed by atoms with van der Waals surface area (Å²) >= 11 is 4.29. The Bertz CT molecular complexity index is 1130. The third-order valence-corrected chi connectivity index (χ3v) is 5.87. The number of hydrogen-bond donors (Lipinski definition) is 1. The van der Waals surface area contributed by atoms with Crippen molar-refractivity contribution in [2.24, 2.45) is 0 Å². The fourth-order valence-electron chi connectivity index (χ4n) is 2.77. The molecule has 0 aliphatic rings. The molecule has 0 spiro atoms. The average Bonchev–Trinajstić information content (AvgIpc) is 2.76. The van der Waals surface area contributed by atoms with Crippen molar-refractivity contribution < 1.29 is 13.9 Å². The zero-order valence-corrected chi connectivity index (χ0v) is 20.6. The highest BCUT2D eigenvalue weighted by molar-refractivity contribution is 14.1. The van der Waals surface area contributed by atoms with Crippen LogP contribution < -0.4 is 10.1 Å². The van der Waals surface area contributed by atoms with E-state index in [0.29, 0.717) is 12.3 Å². The van der Waals surface area contributed by atoms with Crippen LogP contribution >= 0.6 is 45.2 Å². The van der Waals surface area contributed by atoms with Crippen LogP contribution in [0.25, 0.3) is 6.08 Å². The van der Waals surface area contributed by atoms with Crippen LogP contribution in [0.4, 0.5) is 4.39 Å². The van der Waals surface area contributed by atoms with E-state index in [1.807, 2.05) is 48.5 Å². The summed E-state index contributed by atoms with van der Waals surface area (Å²) in [6, 6.07) is 21.4. The van der Waals surface area contributed by atoms with Crippen LogP contribution in [0.3, 0.4) is 0 Å². The Balaban J connectivity index is 1.71. The van der Waals surface area contributed by atoms with E-state index in [9.17, 15) is 14.4 Å². The number of carbonyl (C=O) groups excluding carboxylic acids is 1. The maximum atomic E-state index is 13.4. The highest BCUT2D eigenvalue weighted by Crippen LogP contribution is 2.30. The predicted molar refractivity (Wildman–Crippen MR) is 134 cm³/mol. The number of nitrogens with zero attached hydrogens (tertiary/aromatic N) is 1. The molecule has 3 aromatic rings. The second kappa shape index (κ2) is 11.2. The summed E-state index contributed by atoms with van der Waals surface area (Å²) in [6.45, 7) is 0.588. The number of nitrogens with one attached hydrogen (secondary N) is 1. The van der Waals surface area contributed by atoms with Crippen LogP contribution in [0.2, 0.25) is 0 Å². The summed E-state index contributed by atoms with van der Waals surface area (Å²) in [5.41, 5.74) is 2.43. The standard InChI is InChI=1S/C24H17FI2N2O2/c25-20-8-4-7-17(10-20)15-31-23-21(26)11-18(12-22(23)27)9-19(13-28)24(30)29-14-16-5-2-1-3-6-16/h1-12H,14-15H2,(H,29,30)/b19-9-. The Morgan fingerprint density at radius 1 is 1.03 bits per heavy atom. The molecular weight excluding hydrogens is 621 g/mol. The number of amides is 1. The van der Waals surface area contributed by atoms with Crippen molar-refractivity contribution in [3.63, 3.8) is 0 Å². The van der Waals surface area contributed by atoms with Crippen molar-refractivity contribution in [2.75, 3.05) is 0 Å². The molecule has 1 amide bonds. The van der Waals surface area contributed by atoms with Crippen molar-refractivity contribution in [2.45, 2.75) is 13.2 Å². The van der Waals surface area contributed by atoms with Crippen LogP contribution in [0.5, 0.6) is 5.75 Å². The fraction of sp³-hybridized carbons (Fsp3) is 0.0833. The van der Waals surface area contributed by atoms with Crippen LogP contribution in [-0.4, -0.2) is 5.91 Å². The topological polar surface area (TPSA) is 62.1 Å². The zero-order chi connectivity index (χ0) is 22.2. The van der Waals surface area contributed by atoms with E-state index in [4.69, 9.17) is 4.74 Å². The maximum Gasteiger partial charge on any atom is 0.262 e. The molecule has 1 N–H and O–H groups in total. The lowest BCUT2D eigenvalue weighted by Crippen LogP contribution is -2.23. The van der Waals surface area contributed by atoms with Crippen LogP contribution in [-0.2, 0) is 17.9 Å². The van der Waals surface area contributed by atoms with Gasteiger partial charge in [-0.25, -0.2) is 4.39 Å². The molecule has 0 saturated carbocycles. The molecule has 3 aromatic carbocycles. The quantitative estimate of drug-likeness (QED) is 0.201. The van der Waals surface area contributed by atoms with Crippen molar-refractivity contribution in [1.29, 1.82) is 5.26 Å². The molecule has 31 heavy (non-hydrogen) atoms. The van der Waals surface area contributed by atoms with Gasteiger partial charge < -0.3 is 10.1 Å². The van der Waals surface area contributed by atoms with Gasteiger partial charge in [0.2, 0.25) is 0 Å². The molecule has 0 unspecified atom stereocenters. The smallest absolute Gasteiger partial charge is 0.262 e. The van der Waals surface area contributed by atoms with Crippen LogP contribution in [0.1, 0.15) is 16.7 Å². The molecule has 0 aliphatic carbocycles. The highest BCUT2D eigenvalue weighted by atomic mass is 127. The lowest BCUT2D eigenvalue weighted by Gasteiger charge is -2.12. The number of nitriles is 1. The Labute approximate surface area is 207 Å². The SMILES string of the molecule is N#C/C(=C/c1cc(I)c(OCc2cccc(F)c2)c(I)c1)C(=O)NCc1ccccc1. The van der Waals surface area contributed by atoms with Gasteiger partial charge in [-0.05, 0) is 92.2 Å². The molecule has 0 bridgehead atoms. The minimum absolute atomic E-state index is 0.0240. The lowest BCUT2D eigenvalue weighted by molar-refractivity contribution is -0.117. The van der Waals surface area contributed by atoms with Crippen molar-refractivity contribution >= 4 is 57.2 Å². The normalized spacial score (nSPS) is 11.0. The second-order valence-corrected chi connectivity index (χ2v) is 8.89. The van der Waals surface area contributed by atoms with Gasteiger partial charge in [0.05, 0.1) is 7.14 Å². The largest absolute Gasteiger partial charge is 0.487 e. The molecule has 156 valence electrons. The Morgan fingerprint density at radius 2 is 1.71 bits per heavy atom. The third kappa shape index (κ3) is 6.77. The molecule has 0 saturated heterocycles. The molecule has 0 aromatic heterocycles. The molecule has 3 rings (SSSR count). The first-order valence-electron chi connectivity index (χ1n) is 9.26. The number of carbonyl (C=O) groups is 1. The minimum atomic E-state index is -0.428. The van der Waals surface area contributed by atoms with Gasteiger partial charge >= 0.3 is 0 Å². The Kier molecular flexibility index (Phi) is 8.43. The summed E-state index contributed by atoms with van der Waals surface area (Å²) in [6.07, 6.45) is 1.56. The van der Waals surface area contributed by atoms with Crippen molar-refractivity contribution in [3.05, 3.63) is 102 Å². The monoisotopic (exact) mass is 638 g/mol. The van der Waals surface area contributed by atoms with Gasteiger partial charge in [-0.2, -0.15) is 5.26 Å². The van der Waals surface area contributed by atoms with Gasteiger partial charge in [0, 0.05) is 6.54 Å². The van der Waals surface area contributed by atoms with Gasteiger partial charge in [-0.1, -0.05) is 42.5 Å². The second-order valence-electron chi connectivity index (χ2n) is 6.57. The van der Waals surface area contributed by atoms with E-state index in [1.165, 1.54) is 12.1 Å². The average molecular weight is 638 g/mol. The van der Waals surface area contributed by atoms with Gasteiger partial charge in [0.25, 0.3) is 5.91 Å². The molecule has 7 heteroatoms. The molecule has 0 fully saturated rings. The van der Waals surface area contributed by atoms with E-state index >= 15 is 0 Å². The first kappa shape index (κ1) is 23.2. The fourth-order valence-corrected chi connectivity index (χ4v) is 4.90. The number of ether oxygens (including phenoxy) is 1. The molecule has 0 aliphatic heterocycles. The summed E-state index contributed by atoms with van der Waals surface area (Å²) in [5, 5.41) is 12.2. The third-order valence-electron chi connectivity index (χ3n) is 4.26. The molecule has 0 radical (unpaired) electrons. The van der Waals surface area contributed by atoms with E-state index in [-0.39, 0.29) is 18.0 Å². The molecule has 4 nitrogen and oxygen atoms in total. The number of rotatable bonds is 7. The highest BCUT2D eigenvalue weighted by Gasteiger charge is 2.12. The van der Waals surface area contributed by atoms with E-state index in [0.717, 1.165) is 23.8 Å². The first-order chi connectivity index (χ1) is 15.0. The van der Waals surface area contributed by atoms with Gasteiger partial charge in [0.1, 0.15) is 29.8 Å². The zero-order valence-electron chi connectivity index (χ0n) is 16.2. The summed E-state index contributed by atoms with van der Waals surface area (Å²) < 4.78 is 20.9. The Morgan fingerprint density at radius 3 is 2.35 bits per heavy atom. The van der Waals surface area contributed by atoms with E-state index in [2.05, 4.69) is 50.5 Å². The van der Waals surface area contributed by atoms with E-state index < -0.39 is 5.91 Å². The van der Waals surface area contributed by atoms with E-state index in [1.54, 1.807) is 18.2 Å². The first-order valence-corrected chi connectivity index (χ1v) is 11.4. The molecule has 0 atom stereocenters. The maximum absolute atomic E-state index is 13.4. The summed E-state index contributed by atoms with van der Waals surface area (Å²) in [4.78, 5) is 12.4. The number of halogens is 3. The van der Waals surface area contributed by atoms with Crippen LogP contribution in [0, 0.1) is 24.3 Å². The summed E-state index contributed by atoms with van der Waals surface area (Å²) in [7, 11) is 0. The summed E-state index contributed by atoms with van der Waals surface area (Å²) in [5.74, 6) is -0.0574. The molecular formula is C24H17FI2N2O2. The lowest BCUT2D eigenvalue weighted by atomic mass is 10.1. The van der Waals surface area contributed by atoms with Crippen molar-refractivity contribution in [3.8, 4) is 11.8 Å². The van der Waals surface area contributed by atoms with Crippen molar-refractivity contribution in [1.82, 2.24) is 5.32 Å². The predicted octanol–water partition coefficient (Wildman–Crippen LogP) is 5.84. The van der Waals surface area contributed by atoms with Crippen LogP contribution in [0.15, 0.2) is 72.3 Å². The minimum Gasteiger partial charge on any atom is -0.487 e. The van der Waals surface area contributed by atoms with Gasteiger partial charge in [-0.3, -0.25) is 4.79 Å². The van der Waals surface area contributed by atoms with Gasteiger partial charge in [0.15, 0.2) is 0 Å². The number of hydrogen-bond acceptors (Lipinski definition) is 3. The van der Waals surface area contributed by atoms with Gasteiger partial charge in [-0.15, -0.1) is 0 Å².